The number of methoxy groups -OCH3 is 1. The number of thioether (sulfide) groups is 1. The average Bonchev–Trinajstić information content (AvgIpc) is 3.55. The van der Waals surface area contributed by atoms with Crippen molar-refractivity contribution in [1.29, 1.82) is 0 Å². The van der Waals surface area contributed by atoms with Crippen LogP contribution >= 0.6 is 11.8 Å². The van der Waals surface area contributed by atoms with Crippen molar-refractivity contribution in [3.05, 3.63) is 83.9 Å². The van der Waals surface area contributed by atoms with Gasteiger partial charge in [0.2, 0.25) is 0 Å². The van der Waals surface area contributed by atoms with Crippen molar-refractivity contribution in [2.45, 2.75) is 36.4 Å². The number of fused-ring (bicyclic) bond motifs is 1. The van der Waals surface area contributed by atoms with Crippen LogP contribution in [0.15, 0.2) is 76.6 Å². The Morgan fingerprint density at radius 1 is 1.14 bits per heavy atom. The summed E-state index contributed by atoms with van der Waals surface area (Å²) >= 11 is 1.48. The molecule has 0 saturated carbocycles. The third-order valence-corrected chi connectivity index (χ3v) is 6.93. The van der Waals surface area contributed by atoms with Gasteiger partial charge in [-0.1, -0.05) is 42.1 Å². The lowest BCUT2D eigenvalue weighted by atomic mass is 10.1. The molecule has 2 aromatic heterocycles. The number of amides is 1. The van der Waals surface area contributed by atoms with Gasteiger partial charge in [-0.25, -0.2) is 9.97 Å². The zero-order valence-corrected chi connectivity index (χ0v) is 20.4. The lowest BCUT2D eigenvalue weighted by Crippen LogP contribution is -2.37. The molecule has 1 amide bonds. The molecule has 0 N–H and O–H groups in total. The van der Waals surface area contributed by atoms with Gasteiger partial charge in [0.05, 0.1) is 13.2 Å². The van der Waals surface area contributed by atoms with Crippen LogP contribution in [0.3, 0.4) is 0 Å². The molecule has 1 aliphatic heterocycles. The van der Waals surface area contributed by atoms with E-state index in [1.165, 1.54) is 11.8 Å². The van der Waals surface area contributed by atoms with Gasteiger partial charge in [0.1, 0.15) is 11.3 Å². The first-order valence-electron chi connectivity index (χ1n) is 11.7. The Morgan fingerprint density at radius 2 is 2.00 bits per heavy atom. The second kappa shape index (κ2) is 10.9. The number of carbonyl (C=O) groups excluding carboxylic acids is 1. The van der Waals surface area contributed by atoms with Crippen molar-refractivity contribution < 1.29 is 18.7 Å². The van der Waals surface area contributed by atoms with Crippen molar-refractivity contribution in [1.82, 2.24) is 14.9 Å². The van der Waals surface area contributed by atoms with Crippen LogP contribution in [0, 0.1) is 0 Å². The Bertz CT molecular complexity index is 1290. The average molecular weight is 490 g/mol. The number of hydrogen-bond acceptors (Lipinski definition) is 7. The number of furan rings is 1. The minimum absolute atomic E-state index is 0.0180. The van der Waals surface area contributed by atoms with E-state index in [4.69, 9.17) is 13.9 Å². The van der Waals surface area contributed by atoms with Gasteiger partial charge in [0, 0.05) is 48.8 Å². The van der Waals surface area contributed by atoms with Crippen LogP contribution < -0.4 is 4.74 Å². The van der Waals surface area contributed by atoms with E-state index in [0.29, 0.717) is 35.3 Å². The molecule has 8 heteroatoms. The fourth-order valence-electron chi connectivity index (χ4n) is 4.30. The number of carbonyl (C=O) groups is 1. The van der Waals surface area contributed by atoms with Gasteiger partial charge >= 0.3 is 0 Å². The molecule has 180 valence electrons. The molecule has 1 fully saturated rings. The monoisotopic (exact) mass is 489 g/mol. The van der Waals surface area contributed by atoms with Gasteiger partial charge in [-0.2, -0.15) is 0 Å². The van der Waals surface area contributed by atoms with Gasteiger partial charge < -0.3 is 18.8 Å². The van der Waals surface area contributed by atoms with Gasteiger partial charge in [0.25, 0.3) is 5.91 Å². The quantitative estimate of drug-likeness (QED) is 0.232. The van der Waals surface area contributed by atoms with E-state index in [9.17, 15) is 4.79 Å². The fourth-order valence-corrected chi connectivity index (χ4v) is 5.13. The number of aromatic nitrogens is 2. The normalized spacial score (nSPS) is 15.4. The molecule has 7 nitrogen and oxygen atoms in total. The van der Waals surface area contributed by atoms with E-state index in [0.717, 1.165) is 41.7 Å². The highest BCUT2D eigenvalue weighted by Crippen LogP contribution is 2.32. The number of rotatable bonds is 9. The summed E-state index contributed by atoms with van der Waals surface area (Å²) < 4.78 is 17.4. The Morgan fingerprint density at radius 3 is 2.80 bits per heavy atom. The van der Waals surface area contributed by atoms with Gasteiger partial charge in [-0.3, -0.25) is 4.79 Å². The van der Waals surface area contributed by atoms with Gasteiger partial charge in [-0.15, -0.1) is 0 Å². The van der Waals surface area contributed by atoms with Crippen LogP contribution in [-0.2, 0) is 17.0 Å². The van der Waals surface area contributed by atoms with E-state index in [-0.39, 0.29) is 12.0 Å². The highest BCUT2D eigenvalue weighted by Gasteiger charge is 2.29. The molecule has 35 heavy (non-hydrogen) atoms. The lowest BCUT2D eigenvalue weighted by Gasteiger charge is -2.25. The maximum atomic E-state index is 14.0. The van der Waals surface area contributed by atoms with E-state index in [2.05, 4.69) is 9.97 Å². The standard InChI is InChI=1S/C27H27N3O4S/c1-32-20-8-4-7-19(15-20)16-30(17-21-9-5-14-33-21)26(31)25-23(18-35-27-28-12-6-13-29-27)22-10-2-3-11-24(22)34-25/h2-4,6-8,10-13,15,21H,5,9,14,16-18H2,1H3. The van der Waals surface area contributed by atoms with Crippen LogP contribution in [0.2, 0.25) is 0 Å². The van der Waals surface area contributed by atoms with E-state index >= 15 is 0 Å². The Balaban J connectivity index is 1.47. The number of nitrogens with zero attached hydrogens (tertiary/aromatic N) is 3. The van der Waals surface area contributed by atoms with Crippen LogP contribution in [0.5, 0.6) is 5.75 Å². The second-order valence-corrected chi connectivity index (χ2v) is 9.34. The zero-order chi connectivity index (χ0) is 24.0. The van der Waals surface area contributed by atoms with Gasteiger partial charge in [0.15, 0.2) is 10.9 Å². The maximum absolute atomic E-state index is 14.0. The van der Waals surface area contributed by atoms with E-state index in [1.807, 2.05) is 53.4 Å². The lowest BCUT2D eigenvalue weighted by molar-refractivity contribution is 0.0484. The predicted molar refractivity (Wildman–Crippen MR) is 135 cm³/mol. The van der Waals surface area contributed by atoms with Crippen molar-refractivity contribution in [2.24, 2.45) is 0 Å². The molecular formula is C27H27N3O4S. The summed E-state index contributed by atoms with van der Waals surface area (Å²) in [6, 6.07) is 17.3. The summed E-state index contributed by atoms with van der Waals surface area (Å²) in [5.41, 5.74) is 2.53. The smallest absolute Gasteiger partial charge is 0.290 e. The first kappa shape index (κ1) is 23.4. The van der Waals surface area contributed by atoms with Crippen molar-refractivity contribution in [3.8, 4) is 5.75 Å². The summed E-state index contributed by atoms with van der Waals surface area (Å²) in [4.78, 5) is 24.4. The SMILES string of the molecule is COc1cccc(CN(CC2CCCO2)C(=O)c2oc3ccccc3c2CSc2ncccn2)c1. The summed E-state index contributed by atoms with van der Waals surface area (Å²) in [7, 11) is 1.64. The van der Waals surface area contributed by atoms with Crippen LogP contribution in [0.25, 0.3) is 11.0 Å². The molecule has 1 unspecified atom stereocenters. The fraction of sp³-hybridized carbons (Fsp3) is 0.296. The Kier molecular flexibility index (Phi) is 7.30. The molecular weight excluding hydrogens is 462 g/mol. The molecule has 1 atom stereocenters. The minimum atomic E-state index is -0.149. The topological polar surface area (TPSA) is 77.7 Å². The molecule has 0 spiro atoms. The van der Waals surface area contributed by atoms with Crippen molar-refractivity contribution >= 4 is 28.6 Å². The number of para-hydroxylation sites is 1. The minimum Gasteiger partial charge on any atom is -0.497 e. The van der Waals surface area contributed by atoms with E-state index < -0.39 is 0 Å². The third kappa shape index (κ3) is 5.49. The number of benzene rings is 2. The molecule has 1 saturated heterocycles. The molecule has 0 radical (unpaired) electrons. The number of ether oxygens (including phenoxy) is 2. The third-order valence-electron chi connectivity index (χ3n) is 6.02. The second-order valence-electron chi connectivity index (χ2n) is 8.40. The van der Waals surface area contributed by atoms with E-state index in [1.54, 1.807) is 25.6 Å². The zero-order valence-electron chi connectivity index (χ0n) is 19.6. The molecule has 4 aromatic rings. The molecule has 0 bridgehead atoms. The Labute approximate surface area is 208 Å². The summed E-state index contributed by atoms with van der Waals surface area (Å²) in [6.07, 6.45) is 5.40. The highest BCUT2D eigenvalue weighted by atomic mass is 32.2. The maximum Gasteiger partial charge on any atom is 0.290 e. The summed E-state index contributed by atoms with van der Waals surface area (Å²) in [6.45, 7) is 1.66. The molecule has 1 aliphatic rings. The highest BCUT2D eigenvalue weighted by molar-refractivity contribution is 7.98. The first-order chi connectivity index (χ1) is 17.2. The molecule has 0 aliphatic carbocycles. The predicted octanol–water partition coefficient (Wildman–Crippen LogP) is 5.35. The summed E-state index contributed by atoms with van der Waals surface area (Å²) in [5, 5.41) is 1.58. The van der Waals surface area contributed by atoms with Crippen LogP contribution in [0.4, 0.5) is 0 Å². The first-order valence-corrected chi connectivity index (χ1v) is 12.6. The summed E-state index contributed by atoms with van der Waals surface area (Å²) in [5.74, 6) is 1.49. The molecule has 3 heterocycles. The van der Waals surface area contributed by atoms with Crippen molar-refractivity contribution in [3.63, 3.8) is 0 Å². The molecule has 2 aromatic carbocycles. The molecule has 5 rings (SSSR count). The largest absolute Gasteiger partial charge is 0.497 e. The van der Waals surface area contributed by atoms with Crippen LogP contribution in [0.1, 0.15) is 34.5 Å². The van der Waals surface area contributed by atoms with Gasteiger partial charge in [-0.05, 0) is 42.7 Å². The van der Waals surface area contributed by atoms with Crippen LogP contribution in [-0.4, -0.2) is 47.1 Å². The van der Waals surface area contributed by atoms with Crippen molar-refractivity contribution in [2.75, 3.05) is 20.3 Å². The Hall–Kier alpha value is -3.36. The number of hydrogen-bond donors (Lipinski definition) is 0.